The van der Waals surface area contributed by atoms with Gasteiger partial charge >= 0.3 is 0 Å². The van der Waals surface area contributed by atoms with Crippen LogP contribution in [0.25, 0.3) is 5.65 Å². The first-order valence-corrected chi connectivity index (χ1v) is 11.2. The Hall–Kier alpha value is -4.05. The quantitative estimate of drug-likeness (QED) is 0.417. The number of aromatic nitrogens is 7. The number of hydrogen-bond donors (Lipinski definition) is 0. The topological polar surface area (TPSA) is 144 Å². The first kappa shape index (κ1) is 21.2. The van der Waals surface area contributed by atoms with Crippen LogP contribution in [0.1, 0.15) is 17.1 Å². The molecule has 0 fully saturated rings. The summed E-state index contributed by atoms with van der Waals surface area (Å²) in [7, 11) is -0.461. The fourth-order valence-electron chi connectivity index (χ4n) is 2.98. The molecule has 4 aromatic rings. The maximum Gasteiger partial charge on any atom is 0.267 e. The normalized spacial score (nSPS) is 11.5. The van der Waals surface area contributed by atoms with Crippen LogP contribution in [0.5, 0.6) is 5.75 Å². The number of ether oxygens (including phenoxy) is 1. The molecular weight excluding hydrogens is 434 g/mol. The number of hydrogen-bond acceptors (Lipinski definition) is 10. The van der Waals surface area contributed by atoms with E-state index in [4.69, 9.17) is 4.74 Å². The van der Waals surface area contributed by atoms with Gasteiger partial charge < -0.3 is 4.74 Å². The van der Waals surface area contributed by atoms with Crippen LogP contribution in [-0.2, 0) is 23.4 Å². The monoisotopic (exact) mass is 453 g/mol. The van der Waals surface area contributed by atoms with Crippen molar-refractivity contribution >= 4 is 27.3 Å². The van der Waals surface area contributed by atoms with E-state index in [1.807, 2.05) is 30.3 Å². The summed E-state index contributed by atoms with van der Waals surface area (Å²) in [6.07, 6.45) is 2.31. The van der Waals surface area contributed by atoms with Crippen LogP contribution < -0.4 is 9.64 Å². The third-order valence-corrected chi connectivity index (χ3v) is 5.57. The van der Waals surface area contributed by atoms with E-state index in [0.717, 1.165) is 16.3 Å². The molecule has 12 nitrogen and oxygen atoms in total. The summed E-state index contributed by atoms with van der Waals surface area (Å²) in [6.45, 7) is 2.04. The van der Waals surface area contributed by atoms with Crippen LogP contribution in [0, 0.1) is 18.3 Å². The van der Waals surface area contributed by atoms with E-state index in [0.29, 0.717) is 17.5 Å². The average molecular weight is 453 g/mol. The summed E-state index contributed by atoms with van der Waals surface area (Å²) < 4.78 is 32.5. The van der Waals surface area contributed by atoms with Crippen molar-refractivity contribution in [3.63, 3.8) is 0 Å². The molecule has 0 aliphatic rings. The lowest BCUT2D eigenvalue weighted by Crippen LogP contribution is -2.23. The number of anilines is 2. The third-order valence-electron chi connectivity index (χ3n) is 4.74. The van der Waals surface area contributed by atoms with Gasteiger partial charge in [0.05, 0.1) is 19.9 Å². The van der Waals surface area contributed by atoms with Crippen LogP contribution in [0.2, 0.25) is 0 Å². The van der Waals surface area contributed by atoms with Gasteiger partial charge in [0, 0.05) is 13.3 Å². The van der Waals surface area contributed by atoms with Gasteiger partial charge in [-0.25, -0.2) is 13.4 Å². The molecule has 0 saturated carbocycles. The van der Waals surface area contributed by atoms with E-state index in [-0.39, 0.29) is 23.7 Å². The summed E-state index contributed by atoms with van der Waals surface area (Å²) >= 11 is 0. The third kappa shape index (κ3) is 3.83. The van der Waals surface area contributed by atoms with E-state index in [1.165, 1.54) is 6.20 Å². The van der Waals surface area contributed by atoms with E-state index >= 15 is 0 Å². The Morgan fingerprint density at radius 1 is 1.19 bits per heavy atom. The second-order valence-electron chi connectivity index (χ2n) is 7.00. The predicted octanol–water partition coefficient (Wildman–Crippen LogP) is 1.18. The largest absolute Gasteiger partial charge is 0.497 e. The van der Waals surface area contributed by atoms with Gasteiger partial charge in [-0.3, -0.25) is 9.58 Å². The van der Waals surface area contributed by atoms with E-state index in [9.17, 15) is 13.7 Å². The molecule has 3 heterocycles. The van der Waals surface area contributed by atoms with Crippen molar-refractivity contribution < 1.29 is 13.2 Å². The zero-order valence-electron chi connectivity index (χ0n) is 17.8. The Morgan fingerprint density at radius 2 is 1.91 bits per heavy atom. The summed E-state index contributed by atoms with van der Waals surface area (Å²) in [4.78, 5) is 14.7. The molecule has 0 spiro atoms. The SMILES string of the molecule is COc1ccc(CN(c2nc(C)n(C)n2)c2nc(S(C)(=O)=O)nn3c(C#N)cnc23)cc1. The lowest BCUT2D eigenvalue weighted by atomic mass is 10.2. The molecule has 0 aliphatic heterocycles. The van der Waals surface area contributed by atoms with Crippen molar-refractivity contribution in [2.45, 2.75) is 18.6 Å². The van der Waals surface area contributed by atoms with Gasteiger partial charge in [-0.2, -0.15) is 19.7 Å². The minimum atomic E-state index is -3.79. The molecule has 0 bridgehead atoms. The van der Waals surface area contributed by atoms with Gasteiger partial charge in [0.1, 0.15) is 17.6 Å². The van der Waals surface area contributed by atoms with E-state index in [2.05, 4.69) is 25.1 Å². The van der Waals surface area contributed by atoms with Crippen LogP contribution in [0.4, 0.5) is 11.8 Å². The van der Waals surface area contributed by atoms with Crippen molar-refractivity contribution in [2.75, 3.05) is 18.3 Å². The van der Waals surface area contributed by atoms with Gasteiger partial charge in [-0.15, -0.1) is 10.2 Å². The number of nitrogens with zero attached hydrogens (tertiary/aromatic N) is 9. The molecule has 164 valence electrons. The molecule has 0 unspecified atom stereocenters. The number of rotatable bonds is 6. The van der Waals surface area contributed by atoms with Crippen molar-refractivity contribution in [1.82, 2.24) is 34.3 Å². The molecule has 1 aromatic carbocycles. The van der Waals surface area contributed by atoms with Crippen LogP contribution in [0.3, 0.4) is 0 Å². The maximum absolute atomic E-state index is 12.3. The molecule has 13 heteroatoms. The number of aryl methyl sites for hydroxylation is 2. The number of imidazole rings is 1. The summed E-state index contributed by atoms with van der Waals surface area (Å²) in [5, 5.41) is 17.4. The molecular formula is C19H19N9O3S. The first-order chi connectivity index (χ1) is 15.2. The first-order valence-electron chi connectivity index (χ1n) is 9.35. The Morgan fingerprint density at radius 3 is 2.47 bits per heavy atom. The van der Waals surface area contributed by atoms with Crippen LogP contribution in [-0.4, -0.2) is 56.1 Å². The highest BCUT2D eigenvalue weighted by Crippen LogP contribution is 2.28. The molecule has 0 N–H and O–H groups in total. The zero-order chi connectivity index (χ0) is 23.0. The summed E-state index contributed by atoms with van der Waals surface area (Å²) in [6, 6.07) is 9.31. The van der Waals surface area contributed by atoms with Crippen LogP contribution >= 0.6 is 0 Å². The lowest BCUT2D eigenvalue weighted by molar-refractivity contribution is 0.414. The highest BCUT2D eigenvalue weighted by atomic mass is 32.2. The smallest absolute Gasteiger partial charge is 0.267 e. The standard InChI is InChI=1S/C19H19N9O3S/c1-12-22-18(24-26(12)2)27(11-13-5-7-15(31-3)8-6-13)17-16-21-10-14(9-20)28(16)25-19(23-17)32(4,29)30/h5-8,10H,11H2,1-4H3. The molecule has 32 heavy (non-hydrogen) atoms. The van der Waals surface area contributed by atoms with Gasteiger partial charge in [0.2, 0.25) is 9.84 Å². The van der Waals surface area contributed by atoms with Crippen molar-refractivity contribution in [3.05, 3.63) is 47.5 Å². The van der Waals surface area contributed by atoms with Crippen molar-refractivity contribution in [1.29, 1.82) is 5.26 Å². The lowest BCUT2D eigenvalue weighted by Gasteiger charge is -2.21. The average Bonchev–Trinajstić information content (AvgIpc) is 3.33. The maximum atomic E-state index is 12.3. The van der Waals surface area contributed by atoms with Gasteiger partial charge in [-0.05, 0) is 24.6 Å². The molecule has 3 aromatic heterocycles. The van der Waals surface area contributed by atoms with Crippen molar-refractivity contribution in [3.8, 4) is 11.8 Å². The molecule has 0 atom stereocenters. The Labute approximate surface area is 183 Å². The highest BCUT2D eigenvalue weighted by molar-refractivity contribution is 7.90. The second-order valence-corrected chi connectivity index (χ2v) is 8.91. The fourth-order valence-corrected chi connectivity index (χ4v) is 3.46. The van der Waals surface area contributed by atoms with Crippen molar-refractivity contribution in [2.24, 2.45) is 7.05 Å². The number of nitriles is 1. The summed E-state index contributed by atoms with van der Waals surface area (Å²) in [5.74, 6) is 1.79. The molecule has 0 amide bonds. The second kappa shape index (κ2) is 7.89. The molecule has 0 aliphatic carbocycles. The van der Waals surface area contributed by atoms with Gasteiger partial charge in [0.15, 0.2) is 17.2 Å². The Kier molecular flexibility index (Phi) is 5.23. The number of methoxy groups -OCH3 is 1. The van der Waals surface area contributed by atoms with Crippen LogP contribution in [0.15, 0.2) is 35.6 Å². The minimum absolute atomic E-state index is 0.0723. The number of fused-ring (bicyclic) bond motifs is 1. The van der Waals surface area contributed by atoms with Gasteiger partial charge in [0.25, 0.3) is 11.1 Å². The molecule has 4 rings (SSSR count). The summed E-state index contributed by atoms with van der Waals surface area (Å²) in [5.41, 5.74) is 1.14. The highest BCUT2D eigenvalue weighted by Gasteiger charge is 2.26. The Bertz CT molecular complexity index is 1430. The fraction of sp³-hybridized carbons (Fsp3) is 0.263. The van der Waals surface area contributed by atoms with Gasteiger partial charge in [-0.1, -0.05) is 12.1 Å². The number of benzene rings is 1. The predicted molar refractivity (Wildman–Crippen MR) is 113 cm³/mol. The number of sulfone groups is 1. The molecule has 0 radical (unpaired) electrons. The Balaban J connectivity index is 1.95. The zero-order valence-corrected chi connectivity index (χ0v) is 18.6. The van der Waals surface area contributed by atoms with E-state index in [1.54, 1.807) is 30.7 Å². The minimum Gasteiger partial charge on any atom is -0.497 e. The van der Waals surface area contributed by atoms with E-state index < -0.39 is 15.0 Å². The molecule has 0 saturated heterocycles.